The van der Waals surface area contributed by atoms with Gasteiger partial charge in [0.05, 0.1) is 12.2 Å². The molecular weight excluding hydrogens is 296 g/mol. The zero-order valence-corrected chi connectivity index (χ0v) is 12.4. The van der Waals surface area contributed by atoms with Crippen LogP contribution in [0.25, 0.3) is 0 Å². The van der Waals surface area contributed by atoms with Crippen LogP contribution in [0.3, 0.4) is 0 Å². The standard InChI is InChI=1S/C18H14O5/c1-2-22-12-9-7-11(8-10-12)17-16(21)15(20)13-5-3-4-6-14(19)18(13)23-17/h3-10,17H,2H2,1H3. The zero-order chi connectivity index (χ0) is 16.4. The van der Waals surface area contributed by atoms with Crippen LogP contribution in [0.1, 0.15) is 28.9 Å². The minimum atomic E-state index is -1.11. The lowest BCUT2D eigenvalue weighted by Gasteiger charge is -2.22. The van der Waals surface area contributed by atoms with E-state index in [9.17, 15) is 14.4 Å². The van der Waals surface area contributed by atoms with E-state index in [-0.39, 0.29) is 11.3 Å². The number of fused-ring (bicyclic) bond motifs is 1. The largest absolute Gasteiger partial charge is 0.494 e. The Morgan fingerprint density at radius 3 is 2.39 bits per heavy atom. The van der Waals surface area contributed by atoms with Crippen molar-refractivity contribution in [3.8, 4) is 11.5 Å². The number of benzene rings is 1. The van der Waals surface area contributed by atoms with Crippen LogP contribution in [0.5, 0.6) is 11.5 Å². The third-order valence-corrected chi connectivity index (χ3v) is 3.53. The highest BCUT2D eigenvalue weighted by atomic mass is 16.5. The van der Waals surface area contributed by atoms with E-state index >= 15 is 0 Å². The van der Waals surface area contributed by atoms with Gasteiger partial charge < -0.3 is 9.47 Å². The quantitative estimate of drug-likeness (QED) is 0.814. The third-order valence-electron chi connectivity index (χ3n) is 3.53. The predicted octanol–water partition coefficient (Wildman–Crippen LogP) is 2.33. The smallest absolute Gasteiger partial charge is 0.248 e. The average Bonchev–Trinajstić information content (AvgIpc) is 2.74. The summed E-state index contributed by atoms with van der Waals surface area (Å²) in [6.45, 7) is 2.40. The van der Waals surface area contributed by atoms with E-state index in [0.29, 0.717) is 17.9 Å². The van der Waals surface area contributed by atoms with Gasteiger partial charge in [0.25, 0.3) is 0 Å². The molecule has 0 spiro atoms. The summed E-state index contributed by atoms with van der Waals surface area (Å²) in [6, 6.07) is 12.5. The summed E-state index contributed by atoms with van der Waals surface area (Å²) >= 11 is 0. The second-order valence-electron chi connectivity index (χ2n) is 5.02. The van der Waals surface area contributed by atoms with Gasteiger partial charge in [0, 0.05) is 5.56 Å². The Morgan fingerprint density at radius 1 is 1.00 bits per heavy atom. The van der Waals surface area contributed by atoms with Crippen molar-refractivity contribution in [1.82, 2.24) is 0 Å². The Kier molecular flexibility index (Phi) is 3.93. The number of hydrogen-bond donors (Lipinski definition) is 0. The predicted molar refractivity (Wildman–Crippen MR) is 83.0 cm³/mol. The van der Waals surface area contributed by atoms with Gasteiger partial charge in [-0.25, -0.2) is 0 Å². The second-order valence-corrected chi connectivity index (χ2v) is 5.02. The van der Waals surface area contributed by atoms with Crippen LogP contribution in [-0.4, -0.2) is 18.2 Å². The van der Waals surface area contributed by atoms with Crippen LogP contribution in [0.4, 0.5) is 0 Å². The monoisotopic (exact) mass is 310 g/mol. The maximum atomic E-state index is 12.3. The molecule has 0 amide bonds. The first-order valence-corrected chi connectivity index (χ1v) is 7.23. The number of rotatable bonds is 3. The molecule has 3 rings (SSSR count). The summed E-state index contributed by atoms with van der Waals surface area (Å²) in [4.78, 5) is 36.6. The molecule has 23 heavy (non-hydrogen) atoms. The van der Waals surface area contributed by atoms with Crippen LogP contribution in [-0.2, 0) is 4.79 Å². The van der Waals surface area contributed by atoms with Gasteiger partial charge in [0.2, 0.25) is 17.0 Å². The second kappa shape index (κ2) is 6.04. The van der Waals surface area contributed by atoms with Gasteiger partial charge in [-0.1, -0.05) is 24.3 Å². The Balaban J connectivity index is 2.02. The summed E-state index contributed by atoms with van der Waals surface area (Å²) in [7, 11) is 0. The Hall–Kier alpha value is -2.95. The summed E-state index contributed by atoms with van der Waals surface area (Å²) in [6.07, 6.45) is -1.11. The minimum Gasteiger partial charge on any atom is -0.494 e. The highest BCUT2D eigenvalue weighted by Gasteiger charge is 2.37. The lowest BCUT2D eigenvalue weighted by Crippen LogP contribution is -2.33. The molecule has 0 aromatic heterocycles. The van der Waals surface area contributed by atoms with Crippen LogP contribution in [0.15, 0.2) is 53.3 Å². The molecule has 2 aromatic rings. The molecule has 0 N–H and O–H groups in total. The van der Waals surface area contributed by atoms with Crippen molar-refractivity contribution in [1.29, 1.82) is 0 Å². The highest BCUT2D eigenvalue weighted by Crippen LogP contribution is 2.30. The van der Waals surface area contributed by atoms with Crippen LogP contribution >= 0.6 is 0 Å². The fourth-order valence-electron chi connectivity index (χ4n) is 2.43. The van der Waals surface area contributed by atoms with Crippen LogP contribution < -0.4 is 14.9 Å². The lowest BCUT2D eigenvalue weighted by atomic mass is 9.96. The molecule has 116 valence electrons. The molecule has 5 nitrogen and oxygen atoms in total. The Bertz CT molecular complexity index is 823. The van der Waals surface area contributed by atoms with Crippen molar-refractivity contribution in [2.24, 2.45) is 0 Å². The number of carbonyl (C=O) groups is 2. The van der Waals surface area contributed by atoms with Gasteiger partial charge in [0.15, 0.2) is 11.9 Å². The van der Waals surface area contributed by atoms with E-state index in [2.05, 4.69) is 0 Å². The molecule has 0 saturated carbocycles. The van der Waals surface area contributed by atoms with E-state index in [1.54, 1.807) is 24.3 Å². The van der Waals surface area contributed by atoms with Gasteiger partial charge in [-0.15, -0.1) is 0 Å². The van der Waals surface area contributed by atoms with E-state index in [1.807, 2.05) is 6.92 Å². The first-order chi connectivity index (χ1) is 11.1. The fourth-order valence-corrected chi connectivity index (χ4v) is 2.43. The van der Waals surface area contributed by atoms with Gasteiger partial charge in [0.1, 0.15) is 5.75 Å². The van der Waals surface area contributed by atoms with Crippen molar-refractivity contribution in [2.75, 3.05) is 6.61 Å². The molecular formula is C18H14O5. The fraction of sp³-hybridized carbons (Fsp3) is 0.167. The molecule has 1 aliphatic heterocycles. The maximum Gasteiger partial charge on any atom is 0.248 e. The van der Waals surface area contributed by atoms with E-state index in [4.69, 9.17) is 9.47 Å². The molecule has 1 unspecified atom stereocenters. The van der Waals surface area contributed by atoms with E-state index in [1.165, 1.54) is 24.3 Å². The van der Waals surface area contributed by atoms with Gasteiger partial charge in [-0.05, 0) is 31.2 Å². The van der Waals surface area contributed by atoms with Crippen molar-refractivity contribution in [3.05, 3.63) is 69.9 Å². The molecule has 0 saturated heterocycles. The van der Waals surface area contributed by atoms with Gasteiger partial charge in [-0.3, -0.25) is 14.4 Å². The third kappa shape index (κ3) is 2.73. The summed E-state index contributed by atoms with van der Waals surface area (Å²) < 4.78 is 10.9. The van der Waals surface area contributed by atoms with E-state index in [0.717, 1.165) is 0 Å². The minimum absolute atomic E-state index is 0.00665. The molecule has 1 aliphatic rings. The summed E-state index contributed by atoms with van der Waals surface area (Å²) in [5.74, 6) is -0.827. The molecule has 5 heteroatoms. The molecule has 0 radical (unpaired) electrons. The number of Topliss-reactive ketones (excluding diaryl/α,β-unsaturated/α-hetero) is 2. The average molecular weight is 310 g/mol. The zero-order valence-electron chi connectivity index (χ0n) is 12.4. The Labute approximate surface area is 132 Å². The molecule has 1 atom stereocenters. The van der Waals surface area contributed by atoms with Gasteiger partial charge >= 0.3 is 0 Å². The van der Waals surface area contributed by atoms with Crippen molar-refractivity contribution in [2.45, 2.75) is 13.0 Å². The number of carbonyl (C=O) groups excluding carboxylic acids is 2. The maximum absolute atomic E-state index is 12.3. The Morgan fingerprint density at radius 2 is 1.70 bits per heavy atom. The SMILES string of the molecule is CCOc1ccc(C2Oc3c(ccccc3=O)C(=O)C2=O)cc1. The summed E-state index contributed by atoms with van der Waals surface area (Å²) in [5, 5.41) is 0. The number of ketones is 2. The van der Waals surface area contributed by atoms with E-state index < -0.39 is 23.1 Å². The van der Waals surface area contributed by atoms with Gasteiger partial charge in [-0.2, -0.15) is 0 Å². The number of ether oxygens (including phenoxy) is 2. The van der Waals surface area contributed by atoms with Crippen molar-refractivity contribution in [3.63, 3.8) is 0 Å². The van der Waals surface area contributed by atoms with Crippen LogP contribution in [0.2, 0.25) is 0 Å². The molecule has 1 heterocycles. The first-order valence-electron chi connectivity index (χ1n) is 7.23. The number of hydrogen-bond acceptors (Lipinski definition) is 5. The van der Waals surface area contributed by atoms with Crippen molar-refractivity contribution >= 4 is 11.6 Å². The molecule has 0 fully saturated rings. The summed E-state index contributed by atoms with van der Waals surface area (Å²) in [5.41, 5.74) is 0.0809. The first kappa shape index (κ1) is 15.0. The topological polar surface area (TPSA) is 69.7 Å². The lowest BCUT2D eigenvalue weighted by molar-refractivity contribution is -0.122. The molecule has 2 aromatic carbocycles. The van der Waals surface area contributed by atoms with Crippen LogP contribution in [0, 0.1) is 0 Å². The van der Waals surface area contributed by atoms with Crippen molar-refractivity contribution < 1.29 is 19.1 Å². The molecule has 0 aliphatic carbocycles. The molecule has 0 bridgehead atoms. The highest BCUT2D eigenvalue weighted by molar-refractivity contribution is 6.46. The normalized spacial score (nSPS) is 16.5.